The van der Waals surface area contributed by atoms with Gasteiger partial charge in [-0.2, -0.15) is 0 Å². The highest BCUT2D eigenvalue weighted by molar-refractivity contribution is 14.1. The number of benzene rings is 5. The molecular formula is C41H42I2O9. The molecule has 1 heterocycles. The SMILES string of the molecule is C=C(C)C(=O)OCCCC(=O)OC.COC.COc1ccc2ccc(OC)c(C3c4cc(I)cc(I)c4Oc4ccc5ccc(OC)cc5c43)c2c1. The third-order valence-corrected chi connectivity index (χ3v) is 9.58. The van der Waals surface area contributed by atoms with Crippen LogP contribution >= 0.6 is 45.2 Å². The van der Waals surface area contributed by atoms with E-state index in [2.05, 4.69) is 122 Å². The molecule has 9 nitrogen and oxygen atoms in total. The van der Waals surface area contributed by atoms with Gasteiger partial charge in [-0.1, -0.05) is 30.8 Å². The number of hydrogen-bond donors (Lipinski definition) is 0. The monoisotopic (exact) mass is 932 g/mol. The van der Waals surface area contributed by atoms with Crippen LogP contribution in [0.1, 0.15) is 42.4 Å². The second kappa shape index (κ2) is 19.1. The van der Waals surface area contributed by atoms with Crippen molar-refractivity contribution >= 4 is 78.7 Å². The Morgan fingerprint density at radius 2 is 1.35 bits per heavy atom. The summed E-state index contributed by atoms with van der Waals surface area (Å²) >= 11 is 4.76. The Morgan fingerprint density at radius 1 is 0.769 bits per heavy atom. The summed E-state index contributed by atoms with van der Waals surface area (Å²) in [5.41, 5.74) is 3.67. The Morgan fingerprint density at radius 3 is 1.90 bits per heavy atom. The molecule has 1 aliphatic heterocycles. The Kier molecular flexibility index (Phi) is 15.0. The average Bonchev–Trinajstić information content (AvgIpc) is 3.15. The third-order valence-electron chi connectivity index (χ3n) is 8.15. The lowest BCUT2D eigenvalue weighted by Gasteiger charge is -2.32. The number of ether oxygens (including phenoxy) is 7. The number of hydrogen-bond acceptors (Lipinski definition) is 9. The maximum atomic E-state index is 10.8. The van der Waals surface area contributed by atoms with E-state index in [0.29, 0.717) is 12.0 Å². The summed E-state index contributed by atoms with van der Waals surface area (Å²) in [5, 5.41) is 4.44. The van der Waals surface area contributed by atoms with Gasteiger partial charge < -0.3 is 33.2 Å². The molecule has 52 heavy (non-hydrogen) atoms. The van der Waals surface area contributed by atoms with Crippen LogP contribution in [-0.2, 0) is 23.8 Å². The standard InChI is InChI=1S/C30H22I2O4.C9H14O4.C2H6O/c1-33-19-8-4-16-6-10-25(35-3)27(21(16)14-19)29-23-12-18(31)13-24(32)30(23)36-26-11-7-17-5-9-20(34-2)15-22(17)28(26)29;1-7(2)9(11)13-6-4-5-8(10)12-3;1-3-2/h4-15,29H,1-3H3;1,4-6H2,2-3H3;1-2H3. The molecule has 5 aromatic rings. The first-order chi connectivity index (χ1) is 25.0. The van der Waals surface area contributed by atoms with Gasteiger partial charge in [0.05, 0.1) is 38.6 Å². The molecule has 0 fully saturated rings. The van der Waals surface area contributed by atoms with Crippen molar-refractivity contribution in [1.29, 1.82) is 0 Å². The predicted molar refractivity (Wildman–Crippen MR) is 220 cm³/mol. The molecule has 274 valence electrons. The van der Waals surface area contributed by atoms with Gasteiger partial charge in [0.25, 0.3) is 0 Å². The quantitative estimate of drug-likeness (QED) is 0.0608. The van der Waals surface area contributed by atoms with Crippen molar-refractivity contribution in [3.05, 3.63) is 109 Å². The molecule has 0 aliphatic carbocycles. The minimum atomic E-state index is -0.426. The van der Waals surface area contributed by atoms with E-state index in [9.17, 15) is 9.59 Å². The highest BCUT2D eigenvalue weighted by Crippen LogP contribution is 2.55. The molecule has 0 saturated heterocycles. The van der Waals surface area contributed by atoms with Crippen molar-refractivity contribution < 1.29 is 42.7 Å². The summed E-state index contributed by atoms with van der Waals surface area (Å²) in [6, 6.07) is 25.1. The molecule has 0 bridgehead atoms. The molecule has 0 aromatic heterocycles. The van der Waals surface area contributed by atoms with E-state index in [0.717, 1.165) is 74.1 Å². The van der Waals surface area contributed by atoms with Crippen molar-refractivity contribution in [3.8, 4) is 28.7 Å². The topological polar surface area (TPSA) is 98.8 Å². The Bertz CT molecular complexity index is 2070. The summed E-state index contributed by atoms with van der Waals surface area (Å²) < 4.78 is 39.5. The maximum absolute atomic E-state index is 10.8. The van der Waals surface area contributed by atoms with Crippen molar-refractivity contribution in [2.24, 2.45) is 0 Å². The Balaban J connectivity index is 0.000000320. The third kappa shape index (κ3) is 9.47. The molecular weight excluding hydrogens is 890 g/mol. The number of rotatable bonds is 9. The van der Waals surface area contributed by atoms with Crippen LogP contribution in [0.4, 0.5) is 0 Å². The van der Waals surface area contributed by atoms with Gasteiger partial charge in [0.1, 0.15) is 28.7 Å². The molecule has 5 aromatic carbocycles. The summed E-state index contributed by atoms with van der Waals surface area (Å²) in [7, 11) is 9.70. The molecule has 0 amide bonds. The molecule has 1 atom stereocenters. The average molecular weight is 933 g/mol. The smallest absolute Gasteiger partial charge is 0.333 e. The molecule has 0 radical (unpaired) electrons. The van der Waals surface area contributed by atoms with Gasteiger partial charge in [-0.3, -0.25) is 4.79 Å². The van der Waals surface area contributed by atoms with Gasteiger partial charge in [0.15, 0.2) is 0 Å². The van der Waals surface area contributed by atoms with Crippen LogP contribution in [0.3, 0.4) is 0 Å². The van der Waals surface area contributed by atoms with Crippen LogP contribution in [0.25, 0.3) is 21.5 Å². The number of esters is 2. The minimum Gasteiger partial charge on any atom is -0.497 e. The zero-order valence-electron chi connectivity index (χ0n) is 30.3. The zero-order valence-corrected chi connectivity index (χ0v) is 34.6. The number of methoxy groups -OCH3 is 5. The number of carbonyl (C=O) groups is 2. The summed E-state index contributed by atoms with van der Waals surface area (Å²) in [6.45, 7) is 5.21. The summed E-state index contributed by atoms with van der Waals surface area (Å²) in [5.74, 6) is 3.32. The van der Waals surface area contributed by atoms with Crippen LogP contribution in [-0.4, -0.2) is 61.2 Å². The molecule has 1 unspecified atom stereocenters. The highest BCUT2D eigenvalue weighted by Gasteiger charge is 2.35. The first-order valence-corrected chi connectivity index (χ1v) is 18.4. The van der Waals surface area contributed by atoms with Crippen LogP contribution in [0.5, 0.6) is 28.7 Å². The molecule has 0 N–H and O–H groups in total. The molecule has 6 rings (SSSR count). The molecule has 1 aliphatic rings. The maximum Gasteiger partial charge on any atom is 0.333 e. The van der Waals surface area contributed by atoms with Crippen LogP contribution in [0.15, 0.2) is 84.9 Å². The van der Waals surface area contributed by atoms with Gasteiger partial charge in [0, 0.05) is 52.4 Å². The summed E-state index contributed by atoms with van der Waals surface area (Å²) in [6.07, 6.45) is 0.742. The Hall–Kier alpha value is -4.08. The van der Waals surface area contributed by atoms with Gasteiger partial charge in [0.2, 0.25) is 0 Å². The van der Waals surface area contributed by atoms with Gasteiger partial charge in [-0.15, -0.1) is 0 Å². The second-order valence-corrected chi connectivity index (χ2v) is 14.1. The van der Waals surface area contributed by atoms with E-state index < -0.39 is 5.97 Å². The number of fused-ring (bicyclic) bond motifs is 5. The van der Waals surface area contributed by atoms with Gasteiger partial charge in [-0.05, 0) is 129 Å². The summed E-state index contributed by atoms with van der Waals surface area (Å²) in [4.78, 5) is 21.4. The second-order valence-electron chi connectivity index (χ2n) is 11.7. The fourth-order valence-corrected chi connectivity index (χ4v) is 7.79. The number of halogens is 2. The van der Waals surface area contributed by atoms with Crippen molar-refractivity contribution in [1.82, 2.24) is 0 Å². The van der Waals surface area contributed by atoms with E-state index >= 15 is 0 Å². The van der Waals surface area contributed by atoms with E-state index in [-0.39, 0.29) is 24.9 Å². The van der Waals surface area contributed by atoms with Crippen LogP contribution < -0.4 is 18.9 Å². The molecule has 11 heteroatoms. The lowest BCUT2D eigenvalue weighted by molar-refractivity contribution is -0.143. The lowest BCUT2D eigenvalue weighted by atomic mass is 9.78. The number of carbonyl (C=O) groups excluding carboxylic acids is 2. The molecule has 0 saturated carbocycles. The minimum absolute atomic E-state index is 0.131. The molecule has 0 spiro atoms. The fraction of sp³-hybridized carbons (Fsp3) is 0.268. The van der Waals surface area contributed by atoms with Crippen molar-refractivity contribution in [2.45, 2.75) is 25.7 Å². The Labute approximate surface area is 331 Å². The van der Waals surface area contributed by atoms with Crippen LogP contribution in [0.2, 0.25) is 0 Å². The normalized spacial score (nSPS) is 12.4. The lowest BCUT2D eigenvalue weighted by Crippen LogP contribution is -2.15. The first kappa shape index (κ1) is 40.7. The largest absolute Gasteiger partial charge is 0.497 e. The van der Waals surface area contributed by atoms with E-state index in [1.807, 2.05) is 12.1 Å². The van der Waals surface area contributed by atoms with Crippen molar-refractivity contribution in [3.63, 3.8) is 0 Å². The van der Waals surface area contributed by atoms with Crippen molar-refractivity contribution in [2.75, 3.05) is 49.3 Å². The van der Waals surface area contributed by atoms with Gasteiger partial charge >= 0.3 is 11.9 Å². The highest BCUT2D eigenvalue weighted by atomic mass is 127. The van der Waals surface area contributed by atoms with Crippen LogP contribution in [0, 0.1) is 7.14 Å². The van der Waals surface area contributed by atoms with E-state index in [1.165, 1.54) is 7.11 Å². The van der Waals surface area contributed by atoms with E-state index in [4.69, 9.17) is 23.7 Å². The first-order valence-electron chi connectivity index (χ1n) is 16.2. The van der Waals surface area contributed by atoms with Gasteiger partial charge in [-0.25, -0.2) is 4.79 Å². The fourth-order valence-electron chi connectivity index (χ4n) is 5.79. The van der Waals surface area contributed by atoms with E-state index in [1.54, 1.807) is 42.5 Å². The predicted octanol–water partition coefficient (Wildman–Crippen LogP) is 9.84. The zero-order chi connectivity index (χ0) is 37.9.